The first-order valence-electron chi connectivity index (χ1n) is 14.8. The minimum absolute atomic E-state index is 0.0376. The molecule has 1 fully saturated rings. The number of rotatable bonds is 13. The predicted octanol–water partition coefficient (Wildman–Crippen LogP) is 7.52. The van der Waals surface area contributed by atoms with Gasteiger partial charge in [-0.1, -0.05) is 114 Å². The smallest absolute Gasteiger partial charge is 0.417 e. The zero-order chi connectivity index (χ0) is 29.5. The number of amides is 2. The van der Waals surface area contributed by atoms with Gasteiger partial charge in [-0.2, -0.15) is 0 Å². The van der Waals surface area contributed by atoms with Crippen molar-refractivity contribution in [3.8, 4) is 0 Å². The number of nitrogens with zero attached hydrogens (tertiary/aromatic N) is 1. The highest BCUT2D eigenvalue weighted by Crippen LogP contribution is 2.39. The number of cyclic esters (lactones) is 1. The van der Waals surface area contributed by atoms with Crippen LogP contribution in [0.4, 0.5) is 4.79 Å². The monoisotopic (exact) mass is 567 g/mol. The summed E-state index contributed by atoms with van der Waals surface area (Å²) in [7, 11) is -2.20. The van der Waals surface area contributed by atoms with Gasteiger partial charge in [-0.15, -0.1) is 0 Å². The van der Waals surface area contributed by atoms with E-state index in [0.29, 0.717) is 6.42 Å². The molecule has 4 atom stereocenters. The fourth-order valence-electron chi connectivity index (χ4n) is 5.34. The predicted molar refractivity (Wildman–Crippen MR) is 163 cm³/mol. The lowest BCUT2D eigenvalue weighted by Crippen LogP contribution is -2.52. The summed E-state index contributed by atoms with van der Waals surface area (Å²) in [5.41, 5.74) is 2.01. The minimum Gasteiger partial charge on any atom is -0.447 e. The number of carbonyl (C=O) groups is 2. The van der Waals surface area contributed by atoms with Gasteiger partial charge < -0.3 is 14.3 Å². The van der Waals surface area contributed by atoms with Gasteiger partial charge in [0.15, 0.2) is 8.32 Å². The van der Waals surface area contributed by atoms with Crippen LogP contribution in [0.1, 0.15) is 83.8 Å². The third-order valence-corrected chi connectivity index (χ3v) is 13.3. The minimum atomic E-state index is -2.20. The van der Waals surface area contributed by atoms with Crippen molar-refractivity contribution in [1.82, 2.24) is 4.90 Å². The van der Waals surface area contributed by atoms with E-state index in [4.69, 9.17) is 9.16 Å². The third-order valence-electron chi connectivity index (χ3n) is 8.71. The summed E-state index contributed by atoms with van der Waals surface area (Å²) in [6, 6.07) is 19.4. The van der Waals surface area contributed by atoms with E-state index >= 15 is 0 Å². The first-order valence-corrected chi connectivity index (χ1v) is 17.8. The van der Waals surface area contributed by atoms with Crippen molar-refractivity contribution in [2.24, 2.45) is 5.92 Å². The van der Waals surface area contributed by atoms with Gasteiger partial charge in [-0.3, -0.25) is 4.79 Å². The van der Waals surface area contributed by atoms with Gasteiger partial charge in [0.25, 0.3) is 0 Å². The van der Waals surface area contributed by atoms with Crippen molar-refractivity contribution in [3.63, 3.8) is 0 Å². The molecule has 220 valence electrons. The molecule has 7 heteroatoms. The highest BCUT2D eigenvalue weighted by Gasteiger charge is 2.48. The molecule has 0 unspecified atom stereocenters. The molecule has 3 rings (SSSR count). The number of aliphatic hydroxyl groups excluding tert-OH is 1. The Morgan fingerprint density at radius 3 is 2.08 bits per heavy atom. The van der Waals surface area contributed by atoms with Crippen LogP contribution < -0.4 is 0 Å². The molecule has 0 saturated carbocycles. The number of hydrogen-bond donors (Lipinski definition) is 1. The number of imide groups is 1. The molecular weight excluding hydrogens is 518 g/mol. The van der Waals surface area contributed by atoms with Crippen molar-refractivity contribution in [2.45, 2.75) is 109 Å². The second-order valence-electron chi connectivity index (χ2n) is 12.7. The molecule has 0 spiro atoms. The number of benzene rings is 2. The summed E-state index contributed by atoms with van der Waals surface area (Å²) in [4.78, 5) is 28.8. The van der Waals surface area contributed by atoms with Crippen LogP contribution in [0.2, 0.25) is 18.1 Å². The summed E-state index contributed by atoms with van der Waals surface area (Å²) < 4.78 is 12.1. The first kappa shape index (κ1) is 32.0. The molecule has 6 nitrogen and oxygen atoms in total. The molecule has 0 aliphatic carbocycles. The lowest BCUT2D eigenvalue weighted by molar-refractivity contribution is -0.140. The van der Waals surface area contributed by atoms with E-state index in [9.17, 15) is 14.7 Å². The van der Waals surface area contributed by atoms with Gasteiger partial charge in [0.1, 0.15) is 6.61 Å². The molecular formula is C33H49NO5Si. The zero-order valence-electron chi connectivity index (χ0n) is 25.4. The molecule has 0 radical (unpaired) electrons. The highest BCUT2D eigenvalue weighted by atomic mass is 28.4. The fourth-order valence-corrected chi connectivity index (χ4v) is 6.76. The third kappa shape index (κ3) is 7.62. The van der Waals surface area contributed by atoms with E-state index in [2.05, 4.69) is 40.8 Å². The van der Waals surface area contributed by atoms with Crippen molar-refractivity contribution in [1.29, 1.82) is 0 Å². The Morgan fingerprint density at radius 1 is 1.02 bits per heavy atom. The SMILES string of the molecule is CCCCCC[C@@H](C(=O)N1C(=O)OC[C@H]1C(c1ccccc1)c1ccccc1)[C@@H](O)[C@@H](C)O[Si](C)(C)C(C)(C)C. The lowest BCUT2D eigenvalue weighted by atomic mass is 9.83. The number of aliphatic hydroxyl groups is 1. The molecule has 2 amide bonds. The molecule has 1 heterocycles. The van der Waals surface area contributed by atoms with Crippen LogP contribution in [0.3, 0.4) is 0 Å². The molecule has 40 heavy (non-hydrogen) atoms. The Morgan fingerprint density at radius 2 is 1.57 bits per heavy atom. The van der Waals surface area contributed by atoms with Crippen LogP contribution in [0.15, 0.2) is 60.7 Å². The van der Waals surface area contributed by atoms with Gasteiger partial charge in [0.2, 0.25) is 5.91 Å². The van der Waals surface area contributed by atoms with E-state index in [1.165, 1.54) is 4.90 Å². The van der Waals surface area contributed by atoms with Crippen LogP contribution in [0, 0.1) is 5.92 Å². The topological polar surface area (TPSA) is 76.1 Å². The molecule has 1 saturated heterocycles. The van der Waals surface area contributed by atoms with Crippen molar-refractivity contribution in [3.05, 3.63) is 71.8 Å². The quantitative estimate of drug-likeness (QED) is 0.200. The molecule has 1 N–H and O–H groups in total. The Kier molecular flexibility index (Phi) is 11.2. The normalized spacial score (nSPS) is 18.5. The van der Waals surface area contributed by atoms with E-state index in [-0.39, 0.29) is 23.5 Å². The molecule has 1 aliphatic rings. The van der Waals surface area contributed by atoms with Crippen LogP contribution >= 0.6 is 0 Å². The van der Waals surface area contributed by atoms with Gasteiger partial charge in [0, 0.05) is 5.92 Å². The summed E-state index contributed by atoms with van der Waals surface area (Å²) in [6.45, 7) is 14.9. The summed E-state index contributed by atoms with van der Waals surface area (Å²) in [5, 5.41) is 11.6. The van der Waals surface area contributed by atoms with E-state index in [0.717, 1.165) is 36.8 Å². The second kappa shape index (κ2) is 13.9. The highest BCUT2D eigenvalue weighted by molar-refractivity contribution is 6.74. The number of hydrogen-bond acceptors (Lipinski definition) is 5. The Hall–Kier alpha value is -2.48. The summed E-state index contributed by atoms with van der Waals surface area (Å²) >= 11 is 0. The maximum Gasteiger partial charge on any atom is 0.417 e. The largest absolute Gasteiger partial charge is 0.447 e. The maximum absolute atomic E-state index is 14.3. The summed E-state index contributed by atoms with van der Waals surface area (Å²) in [6.07, 6.45) is 2.16. The molecule has 1 aliphatic heterocycles. The number of ether oxygens (including phenoxy) is 1. The van der Waals surface area contributed by atoms with Crippen LogP contribution in [0.25, 0.3) is 0 Å². The van der Waals surface area contributed by atoms with Crippen LogP contribution in [-0.2, 0) is 14.0 Å². The average molecular weight is 568 g/mol. The lowest BCUT2D eigenvalue weighted by Gasteiger charge is -2.41. The van der Waals surface area contributed by atoms with E-state index < -0.39 is 38.6 Å². The Labute approximate surface area is 242 Å². The average Bonchev–Trinajstić information content (AvgIpc) is 3.29. The van der Waals surface area contributed by atoms with Gasteiger partial charge in [0.05, 0.1) is 24.2 Å². The standard InChI is InChI=1S/C33H49NO5Si/c1-8-9-10-17-22-27(30(35)24(2)39-40(6,7)33(3,4)5)31(36)34-28(23-38-32(34)37)29(25-18-13-11-14-19-25)26-20-15-12-16-21-26/h11-16,18-21,24,27-30,35H,8-10,17,22-23H2,1-7H3/t24-,27-,28+,30+/m1/s1. The van der Waals surface area contributed by atoms with Crippen molar-refractivity contribution < 1.29 is 23.9 Å². The second-order valence-corrected chi connectivity index (χ2v) is 17.4. The Balaban J connectivity index is 1.95. The van der Waals surface area contributed by atoms with Crippen LogP contribution in [-0.4, -0.2) is 55.2 Å². The van der Waals surface area contributed by atoms with E-state index in [1.54, 1.807) is 0 Å². The van der Waals surface area contributed by atoms with Gasteiger partial charge in [-0.05, 0) is 42.6 Å². The van der Waals surface area contributed by atoms with Gasteiger partial charge >= 0.3 is 6.09 Å². The zero-order valence-corrected chi connectivity index (χ0v) is 26.4. The molecule has 2 aromatic rings. The number of carbonyl (C=O) groups excluding carboxylic acids is 2. The first-order chi connectivity index (χ1) is 18.9. The molecule has 0 aromatic heterocycles. The molecule has 2 aromatic carbocycles. The van der Waals surface area contributed by atoms with Gasteiger partial charge in [-0.25, -0.2) is 9.69 Å². The van der Waals surface area contributed by atoms with E-state index in [1.807, 2.05) is 67.6 Å². The molecule has 0 bridgehead atoms. The summed E-state index contributed by atoms with van der Waals surface area (Å²) in [5.74, 6) is -1.40. The Bertz CT molecular complexity index is 1050. The maximum atomic E-state index is 14.3. The number of unbranched alkanes of at least 4 members (excludes halogenated alkanes) is 3. The van der Waals surface area contributed by atoms with Crippen molar-refractivity contribution in [2.75, 3.05) is 6.61 Å². The fraction of sp³-hybridized carbons (Fsp3) is 0.576. The van der Waals surface area contributed by atoms with Crippen molar-refractivity contribution >= 4 is 20.3 Å². The van der Waals surface area contributed by atoms with Crippen LogP contribution in [0.5, 0.6) is 0 Å².